The van der Waals surface area contributed by atoms with Gasteiger partial charge in [-0.25, -0.2) is 0 Å². The molecule has 0 aliphatic carbocycles. The molecule has 164 valence electrons. The topological polar surface area (TPSA) is 75.1 Å². The molecule has 1 aromatic rings. The van der Waals surface area contributed by atoms with Crippen molar-refractivity contribution in [2.75, 3.05) is 59.0 Å². The molecule has 1 spiro atoms. The van der Waals surface area contributed by atoms with E-state index in [2.05, 4.69) is 4.90 Å². The molecule has 2 amide bonds. The zero-order chi connectivity index (χ0) is 21.5. The number of rotatable bonds is 4. The van der Waals surface area contributed by atoms with Gasteiger partial charge in [0.15, 0.2) is 0 Å². The molecule has 0 N–H and O–H groups in total. The zero-order valence-electron chi connectivity index (χ0n) is 18.3. The van der Waals surface area contributed by atoms with E-state index in [-0.39, 0.29) is 22.9 Å². The summed E-state index contributed by atoms with van der Waals surface area (Å²) in [7, 11) is 1.69. The lowest BCUT2D eigenvalue weighted by molar-refractivity contribution is -0.135. The zero-order valence-corrected chi connectivity index (χ0v) is 18.3. The summed E-state index contributed by atoms with van der Waals surface area (Å²) in [5.74, 6) is -0.0887. The third-order valence-electron chi connectivity index (χ3n) is 7.23. The summed E-state index contributed by atoms with van der Waals surface area (Å²) in [6.07, 6.45) is 1.46. The molecule has 3 saturated heterocycles. The predicted octanol–water partition coefficient (Wildman–Crippen LogP) is 0.399. The fourth-order valence-electron chi connectivity index (χ4n) is 4.92. The Balaban J connectivity index is 1.42. The van der Waals surface area contributed by atoms with Gasteiger partial charge in [0.05, 0.1) is 18.6 Å². The summed E-state index contributed by atoms with van der Waals surface area (Å²) in [4.78, 5) is 44.9. The molecule has 0 bridgehead atoms. The maximum atomic E-state index is 13.2. The Morgan fingerprint density at radius 3 is 2.50 bits per heavy atom. The Labute approximate surface area is 177 Å². The first-order valence-corrected chi connectivity index (χ1v) is 10.9. The lowest BCUT2D eigenvalue weighted by Gasteiger charge is -2.29. The highest BCUT2D eigenvalue weighted by Crippen LogP contribution is 2.41. The highest BCUT2D eigenvalue weighted by Gasteiger charge is 2.51. The first-order chi connectivity index (χ1) is 14.3. The molecule has 0 radical (unpaired) electrons. The summed E-state index contributed by atoms with van der Waals surface area (Å²) in [5.41, 5.74) is 1.23. The van der Waals surface area contributed by atoms with E-state index >= 15 is 0 Å². The number of likely N-dealkylation sites (tertiary alicyclic amines) is 2. The van der Waals surface area contributed by atoms with Gasteiger partial charge in [-0.05, 0) is 38.3 Å². The van der Waals surface area contributed by atoms with Crippen LogP contribution in [0.15, 0.2) is 10.9 Å². The average Bonchev–Trinajstić information content (AvgIpc) is 3.33. The number of amides is 2. The molecular formula is C22H32N4O4. The van der Waals surface area contributed by atoms with E-state index in [0.717, 1.165) is 63.6 Å². The fourth-order valence-corrected chi connectivity index (χ4v) is 4.92. The quantitative estimate of drug-likeness (QED) is 0.710. The molecule has 4 rings (SSSR count). The SMILES string of the molecule is Cc1cc(C(=O)N2CCC3(CCN(CCN4CCOCC4)C3=O)C2)c(=O)n(C)c1C. The standard InChI is InChI=1S/C22H32N4O4/c1-16-14-18(19(27)23(3)17(16)2)20(28)26-7-5-22(15-26)4-6-25(21(22)29)9-8-24-10-12-30-13-11-24/h14H,4-13,15H2,1-3H3. The van der Waals surface area contributed by atoms with E-state index < -0.39 is 5.41 Å². The lowest BCUT2D eigenvalue weighted by atomic mass is 9.85. The Kier molecular flexibility index (Phi) is 5.72. The first kappa shape index (κ1) is 21.1. The average molecular weight is 417 g/mol. The van der Waals surface area contributed by atoms with Gasteiger partial charge in [-0.15, -0.1) is 0 Å². The Morgan fingerprint density at radius 2 is 1.77 bits per heavy atom. The van der Waals surface area contributed by atoms with E-state index in [4.69, 9.17) is 4.74 Å². The van der Waals surface area contributed by atoms with Gasteiger partial charge >= 0.3 is 0 Å². The summed E-state index contributed by atoms with van der Waals surface area (Å²) >= 11 is 0. The smallest absolute Gasteiger partial charge is 0.263 e. The van der Waals surface area contributed by atoms with E-state index in [9.17, 15) is 14.4 Å². The van der Waals surface area contributed by atoms with Crippen molar-refractivity contribution < 1.29 is 14.3 Å². The minimum atomic E-state index is -0.481. The molecule has 4 heterocycles. The third kappa shape index (κ3) is 3.67. The van der Waals surface area contributed by atoms with Crippen LogP contribution >= 0.6 is 0 Å². The Morgan fingerprint density at radius 1 is 1.07 bits per heavy atom. The maximum absolute atomic E-state index is 13.2. The molecule has 1 unspecified atom stereocenters. The Bertz CT molecular complexity index is 905. The molecule has 1 aromatic heterocycles. The van der Waals surface area contributed by atoms with Gasteiger partial charge in [-0.2, -0.15) is 0 Å². The second kappa shape index (κ2) is 8.15. The predicted molar refractivity (Wildman–Crippen MR) is 113 cm³/mol. The van der Waals surface area contributed by atoms with Gasteiger partial charge < -0.3 is 19.1 Å². The lowest BCUT2D eigenvalue weighted by Crippen LogP contribution is -2.44. The van der Waals surface area contributed by atoms with Crippen LogP contribution in [0.25, 0.3) is 0 Å². The molecule has 0 saturated carbocycles. The number of nitrogens with zero attached hydrogens (tertiary/aromatic N) is 4. The van der Waals surface area contributed by atoms with Crippen molar-refractivity contribution in [1.29, 1.82) is 0 Å². The number of hydrogen-bond acceptors (Lipinski definition) is 5. The molecule has 3 fully saturated rings. The van der Waals surface area contributed by atoms with Gasteiger partial charge in [0.1, 0.15) is 5.56 Å². The molecule has 1 atom stereocenters. The van der Waals surface area contributed by atoms with Crippen molar-refractivity contribution in [1.82, 2.24) is 19.3 Å². The second-order valence-corrected chi connectivity index (χ2v) is 8.94. The van der Waals surface area contributed by atoms with Gasteiger partial charge in [0, 0.05) is 58.6 Å². The fraction of sp³-hybridized carbons (Fsp3) is 0.682. The van der Waals surface area contributed by atoms with Gasteiger partial charge in [-0.3, -0.25) is 19.3 Å². The minimum absolute atomic E-state index is 0.166. The van der Waals surface area contributed by atoms with Crippen LogP contribution in [0.1, 0.15) is 34.5 Å². The molecule has 0 aromatic carbocycles. The second-order valence-electron chi connectivity index (χ2n) is 8.94. The van der Waals surface area contributed by atoms with Gasteiger partial charge in [0.2, 0.25) is 5.91 Å². The first-order valence-electron chi connectivity index (χ1n) is 10.9. The van der Waals surface area contributed by atoms with Crippen molar-refractivity contribution >= 4 is 11.8 Å². The number of morpholine rings is 1. The van der Waals surface area contributed by atoms with Crippen molar-refractivity contribution in [3.8, 4) is 0 Å². The molecule has 3 aliphatic heterocycles. The van der Waals surface area contributed by atoms with Crippen LogP contribution in [0.5, 0.6) is 0 Å². The number of carbonyl (C=O) groups is 2. The molecule has 8 nitrogen and oxygen atoms in total. The molecule has 8 heteroatoms. The molecular weight excluding hydrogens is 384 g/mol. The van der Waals surface area contributed by atoms with Crippen molar-refractivity contribution in [3.63, 3.8) is 0 Å². The monoisotopic (exact) mass is 416 g/mol. The molecule has 3 aliphatic rings. The largest absolute Gasteiger partial charge is 0.379 e. The number of aryl methyl sites for hydroxylation is 1. The summed E-state index contributed by atoms with van der Waals surface area (Å²) in [6.45, 7) is 10.4. The van der Waals surface area contributed by atoms with Crippen LogP contribution in [-0.2, 0) is 16.6 Å². The van der Waals surface area contributed by atoms with Crippen LogP contribution in [0, 0.1) is 19.3 Å². The number of aromatic nitrogens is 1. The van der Waals surface area contributed by atoms with Crippen molar-refractivity contribution in [2.45, 2.75) is 26.7 Å². The highest BCUT2D eigenvalue weighted by atomic mass is 16.5. The number of ether oxygens (including phenoxy) is 1. The van der Waals surface area contributed by atoms with Gasteiger partial charge in [0.25, 0.3) is 11.5 Å². The number of pyridine rings is 1. The van der Waals surface area contributed by atoms with Crippen LogP contribution in [0.2, 0.25) is 0 Å². The normalized spacial score (nSPS) is 25.0. The minimum Gasteiger partial charge on any atom is -0.379 e. The van der Waals surface area contributed by atoms with E-state index in [1.54, 1.807) is 18.0 Å². The number of hydrogen-bond donors (Lipinski definition) is 0. The van der Waals surface area contributed by atoms with E-state index in [1.165, 1.54) is 4.57 Å². The van der Waals surface area contributed by atoms with Crippen LogP contribution in [0.3, 0.4) is 0 Å². The van der Waals surface area contributed by atoms with Gasteiger partial charge in [-0.1, -0.05) is 0 Å². The van der Waals surface area contributed by atoms with E-state index in [0.29, 0.717) is 19.5 Å². The molecule has 30 heavy (non-hydrogen) atoms. The van der Waals surface area contributed by atoms with Crippen molar-refractivity contribution in [2.24, 2.45) is 12.5 Å². The maximum Gasteiger partial charge on any atom is 0.263 e. The van der Waals surface area contributed by atoms with Crippen LogP contribution in [-0.4, -0.2) is 90.1 Å². The van der Waals surface area contributed by atoms with E-state index in [1.807, 2.05) is 18.7 Å². The number of carbonyl (C=O) groups excluding carboxylic acids is 2. The van der Waals surface area contributed by atoms with Crippen LogP contribution < -0.4 is 5.56 Å². The summed E-state index contributed by atoms with van der Waals surface area (Å²) in [6, 6.07) is 1.69. The van der Waals surface area contributed by atoms with Crippen molar-refractivity contribution in [3.05, 3.63) is 33.2 Å². The Hall–Kier alpha value is -2.19. The highest BCUT2D eigenvalue weighted by molar-refractivity contribution is 5.95. The summed E-state index contributed by atoms with van der Waals surface area (Å²) < 4.78 is 6.92. The van der Waals surface area contributed by atoms with Crippen LogP contribution in [0.4, 0.5) is 0 Å². The summed E-state index contributed by atoms with van der Waals surface area (Å²) in [5, 5.41) is 0. The third-order valence-corrected chi connectivity index (χ3v) is 7.23.